The van der Waals surface area contributed by atoms with Crippen molar-refractivity contribution in [2.24, 2.45) is 0 Å². The Morgan fingerprint density at radius 3 is 2.75 bits per heavy atom. The van der Waals surface area contributed by atoms with Gasteiger partial charge in [-0.15, -0.1) is 0 Å². The quantitative estimate of drug-likeness (QED) is 0.570. The summed E-state index contributed by atoms with van der Waals surface area (Å²) in [4.78, 5) is 13.2. The number of nitrogens with zero attached hydrogens (tertiary/aromatic N) is 3. The third-order valence-corrected chi connectivity index (χ3v) is 4.50. The van der Waals surface area contributed by atoms with Crippen LogP contribution in [0.25, 0.3) is 10.3 Å². The van der Waals surface area contributed by atoms with Gasteiger partial charge in [-0.2, -0.15) is 0 Å². The second-order valence-corrected chi connectivity index (χ2v) is 6.06. The number of nitrogens with two attached hydrogens (primary N) is 1. The molecule has 0 fully saturated rings. The fourth-order valence-corrected chi connectivity index (χ4v) is 3.34. The summed E-state index contributed by atoms with van der Waals surface area (Å²) in [7, 11) is 1.84. The summed E-state index contributed by atoms with van der Waals surface area (Å²) in [5, 5.41) is 4.29. The Bertz CT molecular complexity index is 726. The molecule has 5 nitrogen and oxygen atoms in total. The van der Waals surface area contributed by atoms with Crippen molar-refractivity contribution in [2.45, 2.75) is 10.9 Å². The molecule has 20 heavy (non-hydrogen) atoms. The van der Waals surface area contributed by atoms with Crippen LogP contribution in [0.1, 0.15) is 5.56 Å². The van der Waals surface area contributed by atoms with Crippen LogP contribution in [0, 0.1) is 0 Å². The first-order chi connectivity index (χ1) is 9.76. The van der Waals surface area contributed by atoms with Crippen LogP contribution in [0.15, 0.2) is 35.5 Å². The summed E-state index contributed by atoms with van der Waals surface area (Å²) >= 11 is 2.99. The van der Waals surface area contributed by atoms with E-state index in [1.54, 1.807) is 11.8 Å². The van der Waals surface area contributed by atoms with E-state index in [1.165, 1.54) is 16.9 Å². The third kappa shape index (κ3) is 2.68. The number of nitrogen functional groups attached to an aromatic ring is 1. The predicted octanol–water partition coefficient (Wildman–Crippen LogP) is 3.00. The summed E-state index contributed by atoms with van der Waals surface area (Å²) in [5.41, 5.74) is 7.63. The van der Waals surface area contributed by atoms with Crippen molar-refractivity contribution in [2.75, 3.05) is 18.1 Å². The lowest BCUT2D eigenvalue weighted by Gasteiger charge is -2.04. The lowest BCUT2D eigenvalue weighted by Crippen LogP contribution is -1.97. The van der Waals surface area contributed by atoms with E-state index in [0.29, 0.717) is 15.9 Å². The van der Waals surface area contributed by atoms with E-state index >= 15 is 0 Å². The van der Waals surface area contributed by atoms with E-state index in [4.69, 9.17) is 5.73 Å². The van der Waals surface area contributed by atoms with Gasteiger partial charge in [-0.3, -0.25) is 0 Å². The highest BCUT2D eigenvalue weighted by Crippen LogP contribution is 2.30. The monoisotopic (exact) mass is 303 g/mol. The molecule has 0 aliphatic heterocycles. The highest BCUT2D eigenvalue weighted by atomic mass is 32.2. The van der Waals surface area contributed by atoms with Crippen LogP contribution in [0.5, 0.6) is 0 Å². The first-order valence-corrected chi connectivity index (χ1v) is 7.85. The van der Waals surface area contributed by atoms with Gasteiger partial charge in [-0.25, -0.2) is 15.0 Å². The van der Waals surface area contributed by atoms with E-state index < -0.39 is 0 Å². The zero-order valence-corrected chi connectivity index (χ0v) is 12.5. The van der Waals surface area contributed by atoms with Crippen LogP contribution in [-0.2, 0) is 5.75 Å². The summed E-state index contributed by atoms with van der Waals surface area (Å²) in [6.45, 7) is 0. The largest absolute Gasteiger partial charge is 0.375 e. The van der Waals surface area contributed by atoms with E-state index in [2.05, 4.69) is 32.4 Å². The molecule has 3 aromatic rings. The van der Waals surface area contributed by atoms with Gasteiger partial charge < -0.3 is 11.1 Å². The topological polar surface area (TPSA) is 76.7 Å². The van der Waals surface area contributed by atoms with E-state index in [0.717, 1.165) is 16.3 Å². The number of anilines is 2. The maximum Gasteiger partial charge on any atom is 0.191 e. The Morgan fingerprint density at radius 1 is 1.20 bits per heavy atom. The summed E-state index contributed by atoms with van der Waals surface area (Å²) in [6, 6.07) is 10.2. The molecule has 2 aromatic heterocycles. The van der Waals surface area contributed by atoms with Gasteiger partial charge in [0.15, 0.2) is 15.9 Å². The molecule has 0 spiro atoms. The molecule has 0 aliphatic rings. The SMILES string of the molecule is CNc1nc(SCc2ccccc2)nc2nc(N)sc12. The van der Waals surface area contributed by atoms with Crippen molar-refractivity contribution in [3.05, 3.63) is 35.9 Å². The molecule has 3 N–H and O–H groups in total. The first-order valence-electron chi connectivity index (χ1n) is 6.05. The minimum atomic E-state index is 0.510. The lowest BCUT2D eigenvalue weighted by molar-refractivity contribution is 0.996. The minimum Gasteiger partial charge on any atom is -0.375 e. The maximum absolute atomic E-state index is 5.73. The van der Waals surface area contributed by atoms with Gasteiger partial charge in [0.05, 0.1) is 0 Å². The molecule has 7 heteroatoms. The van der Waals surface area contributed by atoms with Gasteiger partial charge in [0.25, 0.3) is 0 Å². The smallest absolute Gasteiger partial charge is 0.191 e. The molecule has 102 valence electrons. The molecule has 0 saturated carbocycles. The fourth-order valence-electron chi connectivity index (χ4n) is 1.78. The average molecular weight is 303 g/mol. The summed E-state index contributed by atoms with van der Waals surface area (Å²) in [6.07, 6.45) is 0. The standard InChI is InChI=1S/C13H13N5S2/c1-15-10-9-11(16-12(14)20-9)18-13(17-10)19-7-8-5-3-2-4-6-8/h2-6H,7H2,1H3,(H3,14,15,16,17,18). The number of hydrogen-bond acceptors (Lipinski definition) is 7. The number of benzene rings is 1. The van der Waals surface area contributed by atoms with Crippen molar-refractivity contribution in [1.29, 1.82) is 0 Å². The molecule has 0 radical (unpaired) electrons. The molecule has 2 heterocycles. The van der Waals surface area contributed by atoms with Crippen molar-refractivity contribution < 1.29 is 0 Å². The fraction of sp³-hybridized carbons (Fsp3) is 0.154. The average Bonchev–Trinajstić information content (AvgIpc) is 2.85. The number of aromatic nitrogens is 3. The zero-order chi connectivity index (χ0) is 13.9. The molecule has 3 rings (SSSR count). The molecule has 1 aromatic carbocycles. The highest BCUT2D eigenvalue weighted by molar-refractivity contribution is 7.98. The molecule has 0 aliphatic carbocycles. The van der Waals surface area contributed by atoms with Gasteiger partial charge in [-0.1, -0.05) is 53.4 Å². The molecule has 0 bridgehead atoms. The Labute approximate surface area is 124 Å². The first kappa shape index (κ1) is 13.1. The number of thiazole rings is 1. The van der Waals surface area contributed by atoms with E-state index in [1.807, 2.05) is 25.2 Å². The van der Waals surface area contributed by atoms with Crippen LogP contribution < -0.4 is 11.1 Å². The van der Waals surface area contributed by atoms with Gasteiger partial charge in [0.2, 0.25) is 0 Å². The molecule has 0 saturated heterocycles. The molecular weight excluding hydrogens is 290 g/mol. The second kappa shape index (κ2) is 5.64. The van der Waals surface area contributed by atoms with Crippen molar-refractivity contribution in [1.82, 2.24) is 15.0 Å². The Hall–Kier alpha value is -1.86. The Balaban J connectivity index is 1.88. The van der Waals surface area contributed by atoms with E-state index in [9.17, 15) is 0 Å². The van der Waals surface area contributed by atoms with Crippen LogP contribution in [0.3, 0.4) is 0 Å². The number of hydrogen-bond donors (Lipinski definition) is 2. The van der Waals surface area contributed by atoms with E-state index in [-0.39, 0.29) is 0 Å². The Kier molecular flexibility index (Phi) is 3.70. The van der Waals surface area contributed by atoms with Gasteiger partial charge >= 0.3 is 0 Å². The number of fused-ring (bicyclic) bond motifs is 1. The molecule has 0 unspecified atom stereocenters. The maximum atomic E-state index is 5.73. The van der Waals surface area contributed by atoms with Crippen molar-refractivity contribution in [3.8, 4) is 0 Å². The number of nitrogens with one attached hydrogen (secondary N) is 1. The predicted molar refractivity (Wildman–Crippen MR) is 85.2 cm³/mol. The zero-order valence-electron chi connectivity index (χ0n) is 10.8. The van der Waals surface area contributed by atoms with Crippen LogP contribution >= 0.6 is 23.1 Å². The minimum absolute atomic E-state index is 0.510. The molecule has 0 amide bonds. The van der Waals surface area contributed by atoms with Crippen LogP contribution in [0.4, 0.5) is 10.9 Å². The summed E-state index contributed by atoms with van der Waals surface area (Å²) < 4.78 is 0.897. The summed E-state index contributed by atoms with van der Waals surface area (Å²) in [5.74, 6) is 1.61. The molecule has 0 atom stereocenters. The molecular formula is C13H13N5S2. The van der Waals surface area contributed by atoms with Crippen molar-refractivity contribution in [3.63, 3.8) is 0 Å². The van der Waals surface area contributed by atoms with Gasteiger partial charge in [0.1, 0.15) is 10.5 Å². The van der Waals surface area contributed by atoms with Crippen molar-refractivity contribution >= 4 is 44.4 Å². The van der Waals surface area contributed by atoms with Crippen LogP contribution in [0.2, 0.25) is 0 Å². The van der Waals surface area contributed by atoms with Gasteiger partial charge in [0, 0.05) is 12.8 Å². The van der Waals surface area contributed by atoms with Crippen LogP contribution in [-0.4, -0.2) is 22.0 Å². The lowest BCUT2D eigenvalue weighted by atomic mass is 10.2. The Morgan fingerprint density at radius 2 is 2.00 bits per heavy atom. The normalized spacial score (nSPS) is 10.8. The third-order valence-electron chi connectivity index (χ3n) is 2.70. The van der Waals surface area contributed by atoms with Gasteiger partial charge in [-0.05, 0) is 5.56 Å². The number of thioether (sulfide) groups is 1. The number of rotatable bonds is 4. The highest BCUT2D eigenvalue weighted by Gasteiger charge is 2.11. The second-order valence-electron chi connectivity index (χ2n) is 4.08.